The molecule has 20 heavy (non-hydrogen) atoms. The van der Waals surface area contributed by atoms with Gasteiger partial charge in [0.25, 0.3) is 0 Å². The van der Waals surface area contributed by atoms with Gasteiger partial charge in [0.2, 0.25) is 0 Å². The minimum atomic E-state index is -0.422. The highest BCUT2D eigenvalue weighted by atomic mass is 79.9. The first-order chi connectivity index (χ1) is 9.61. The van der Waals surface area contributed by atoms with E-state index >= 15 is 0 Å². The van der Waals surface area contributed by atoms with Crippen molar-refractivity contribution in [2.24, 2.45) is 0 Å². The molecule has 2 aromatic carbocycles. The Hall–Kier alpha value is -1.70. The maximum atomic E-state index is 14.0. The molecular formula is C16H14BrFN2. The van der Waals surface area contributed by atoms with E-state index in [-0.39, 0.29) is 5.56 Å². The van der Waals surface area contributed by atoms with Gasteiger partial charge in [0.15, 0.2) is 0 Å². The minimum absolute atomic E-state index is 0.0943. The van der Waals surface area contributed by atoms with E-state index in [1.807, 2.05) is 42.3 Å². The second-order valence-corrected chi connectivity index (χ2v) is 5.51. The molecule has 0 atom stereocenters. The second kappa shape index (κ2) is 6.65. The Kier molecular flexibility index (Phi) is 4.89. The van der Waals surface area contributed by atoms with Crippen LogP contribution in [0.5, 0.6) is 0 Å². The largest absolute Gasteiger partial charge is 0.298 e. The lowest BCUT2D eigenvalue weighted by atomic mass is 10.1. The molecule has 0 radical (unpaired) electrons. The summed E-state index contributed by atoms with van der Waals surface area (Å²) in [4.78, 5) is 2.01. The third-order valence-electron chi connectivity index (χ3n) is 3.04. The summed E-state index contributed by atoms with van der Waals surface area (Å²) in [6.07, 6.45) is 0. The number of hydrogen-bond donors (Lipinski definition) is 0. The topological polar surface area (TPSA) is 27.0 Å². The lowest BCUT2D eigenvalue weighted by Crippen LogP contribution is -2.18. The van der Waals surface area contributed by atoms with Crippen LogP contribution in [0.15, 0.2) is 46.9 Å². The predicted molar refractivity (Wildman–Crippen MR) is 80.4 cm³/mol. The van der Waals surface area contributed by atoms with Crippen LogP contribution in [0, 0.1) is 17.1 Å². The van der Waals surface area contributed by atoms with Crippen molar-refractivity contribution in [1.82, 2.24) is 4.90 Å². The van der Waals surface area contributed by atoms with Crippen molar-refractivity contribution in [3.05, 3.63) is 69.4 Å². The Morgan fingerprint density at radius 1 is 1.10 bits per heavy atom. The number of nitriles is 1. The molecule has 2 aromatic rings. The second-order valence-electron chi connectivity index (χ2n) is 4.65. The fourth-order valence-electron chi connectivity index (χ4n) is 2.05. The van der Waals surface area contributed by atoms with Crippen molar-refractivity contribution in [2.45, 2.75) is 13.1 Å². The SMILES string of the molecule is CN(Cc1ccccc1Br)Cc1cccc(C#N)c1F. The summed E-state index contributed by atoms with van der Waals surface area (Å²) in [6, 6.07) is 14.7. The Morgan fingerprint density at radius 3 is 2.45 bits per heavy atom. The zero-order chi connectivity index (χ0) is 14.5. The summed E-state index contributed by atoms with van der Waals surface area (Å²) >= 11 is 3.50. The molecule has 0 amide bonds. The monoisotopic (exact) mass is 332 g/mol. The van der Waals surface area contributed by atoms with Crippen molar-refractivity contribution in [3.63, 3.8) is 0 Å². The zero-order valence-electron chi connectivity index (χ0n) is 11.1. The van der Waals surface area contributed by atoms with Gasteiger partial charge in [0.1, 0.15) is 11.9 Å². The van der Waals surface area contributed by atoms with Crippen molar-refractivity contribution >= 4 is 15.9 Å². The molecule has 2 rings (SSSR count). The van der Waals surface area contributed by atoms with E-state index in [1.54, 1.807) is 12.1 Å². The molecule has 0 aliphatic heterocycles. The fourth-order valence-corrected chi connectivity index (χ4v) is 2.46. The Balaban J connectivity index is 2.11. The van der Waals surface area contributed by atoms with Crippen LogP contribution in [-0.2, 0) is 13.1 Å². The smallest absolute Gasteiger partial charge is 0.145 e. The summed E-state index contributed by atoms with van der Waals surface area (Å²) < 4.78 is 15.0. The van der Waals surface area contributed by atoms with Crippen molar-refractivity contribution in [1.29, 1.82) is 5.26 Å². The molecule has 0 heterocycles. The van der Waals surface area contributed by atoms with E-state index < -0.39 is 5.82 Å². The van der Waals surface area contributed by atoms with Gasteiger partial charge in [0.05, 0.1) is 5.56 Å². The Labute approximate surface area is 126 Å². The van der Waals surface area contributed by atoms with Gasteiger partial charge in [-0.1, -0.05) is 46.3 Å². The Morgan fingerprint density at radius 2 is 1.75 bits per heavy atom. The van der Waals surface area contributed by atoms with E-state index in [4.69, 9.17) is 5.26 Å². The first kappa shape index (κ1) is 14.7. The molecule has 0 unspecified atom stereocenters. The van der Waals surface area contributed by atoms with Gasteiger partial charge < -0.3 is 0 Å². The molecule has 0 N–H and O–H groups in total. The summed E-state index contributed by atoms with van der Waals surface area (Å²) in [6.45, 7) is 1.17. The molecule has 0 aromatic heterocycles. The third-order valence-corrected chi connectivity index (χ3v) is 3.81. The zero-order valence-corrected chi connectivity index (χ0v) is 12.7. The fraction of sp³-hybridized carbons (Fsp3) is 0.188. The maximum Gasteiger partial charge on any atom is 0.145 e. The van der Waals surface area contributed by atoms with Crippen LogP contribution >= 0.6 is 15.9 Å². The summed E-state index contributed by atoms with van der Waals surface area (Å²) in [5.74, 6) is -0.422. The molecule has 0 aliphatic carbocycles. The number of halogens is 2. The van der Waals surface area contributed by atoms with Crippen molar-refractivity contribution in [3.8, 4) is 6.07 Å². The van der Waals surface area contributed by atoms with Gasteiger partial charge in [-0.3, -0.25) is 4.90 Å². The van der Waals surface area contributed by atoms with E-state index in [0.29, 0.717) is 18.7 Å². The van der Waals surface area contributed by atoms with Crippen LogP contribution in [0.4, 0.5) is 4.39 Å². The predicted octanol–water partition coefficient (Wildman–Crippen LogP) is 4.09. The quantitative estimate of drug-likeness (QED) is 0.843. The van der Waals surface area contributed by atoms with Gasteiger partial charge in [-0.15, -0.1) is 0 Å². The number of rotatable bonds is 4. The number of hydrogen-bond acceptors (Lipinski definition) is 2. The lowest BCUT2D eigenvalue weighted by molar-refractivity contribution is 0.313. The number of benzene rings is 2. The first-order valence-electron chi connectivity index (χ1n) is 6.21. The normalized spacial score (nSPS) is 10.6. The molecule has 0 bridgehead atoms. The van der Waals surface area contributed by atoms with Crippen LogP contribution in [0.1, 0.15) is 16.7 Å². The standard InChI is InChI=1S/C16H14BrFN2/c1-20(10-13-5-2-3-8-15(13)17)11-14-7-4-6-12(9-19)16(14)18/h2-8H,10-11H2,1H3. The number of nitrogens with zero attached hydrogens (tertiary/aromatic N) is 2. The van der Waals surface area contributed by atoms with Crippen molar-refractivity contribution in [2.75, 3.05) is 7.05 Å². The Bertz CT molecular complexity index is 649. The third kappa shape index (κ3) is 3.44. The molecule has 102 valence electrons. The van der Waals surface area contributed by atoms with Gasteiger partial charge in [-0.25, -0.2) is 4.39 Å². The first-order valence-corrected chi connectivity index (χ1v) is 7.00. The van der Waals surface area contributed by atoms with Gasteiger partial charge in [0, 0.05) is 23.1 Å². The van der Waals surface area contributed by atoms with E-state index in [9.17, 15) is 4.39 Å². The molecule has 0 saturated heterocycles. The van der Waals surface area contributed by atoms with Crippen LogP contribution in [0.2, 0.25) is 0 Å². The molecule has 0 saturated carbocycles. The lowest BCUT2D eigenvalue weighted by Gasteiger charge is -2.18. The highest BCUT2D eigenvalue weighted by Gasteiger charge is 2.10. The summed E-state index contributed by atoms with van der Waals surface area (Å²) in [5, 5.41) is 8.84. The minimum Gasteiger partial charge on any atom is -0.298 e. The summed E-state index contributed by atoms with van der Waals surface area (Å²) in [7, 11) is 1.93. The molecule has 0 aliphatic rings. The van der Waals surface area contributed by atoms with Crippen molar-refractivity contribution < 1.29 is 4.39 Å². The van der Waals surface area contributed by atoms with Crippen LogP contribution in [0.3, 0.4) is 0 Å². The van der Waals surface area contributed by atoms with E-state index in [1.165, 1.54) is 6.07 Å². The molecule has 0 fully saturated rings. The van der Waals surface area contributed by atoms with Crippen LogP contribution in [0.25, 0.3) is 0 Å². The molecule has 4 heteroatoms. The highest BCUT2D eigenvalue weighted by Crippen LogP contribution is 2.19. The van der Waals surface area contributed by atoms with E-state index in [2.05, 4.69) is 15.9 Å². The van der Waals surface area contributed by atoms with Crippen LogP contribution < -0.4 is 0 Å². The van der Waals surface area contributed by atoms with Crippen LogP contribution in [-0.4, -0.2) is 11.9 Å². The highest BCUT2D eigenvalue weighted by molar-refractivity contribution is 9.10. The maximum absolute atomic E-state index is 14.0. The van der Waals surface area contributed by atoms with Gasteiger partial charge in [-0.05, 0) is 24.7 Å². The molecular weight excluding hydrogens is 319 g/mol. The molecule has 0 spiro atoms. The van der Waals surface area contributed by atoms with E-state index in [0.717, 1.165) is 10.0 Å². The average Bonchev–Trinajstić information content (AvgIpc) is 2.44. The van der Waals surface area contributed by atoms with Gasteiger partial charge in [-0.2, -0.15) is 5.26 Å². The summed E-state index contributed by atoms with van der Waals surface area (Å²) in [5.41, 5.74) is 1.78. The molecule has 2 nitrogen and oxygen atoms in total. The van der Waals surface area contributed by atoms with Gasteiger partial charge >= 0.3 is 0 Å². The average molecular weight is 333 g/mol.